The lowest BCUT2D eigenvalue weighted by Gasteiger charge is -2.01. The second kappa shape index (κ2) is 6.07. The summed E-state index contributed by atoms with van der Waals surface area (Å²) < 4.78 is 0. The molecule has 0 aliphatic heterocycles. The largest absolute Gasteiger partial charge is 0.402 e. The molecule has 3 aromatic heterocycles. The normalized spacial score (nSPS) is 12.9. The Kier molecular flexibility index (Phi) is 3.95. The zero-order chi connectivity index (χ0) is 17.3. The number of aliphatic imine (C=N–C) groups is 1. The molecule has 24 heavy (non-hydrogen) atoms. The van der Waals surface area contributed by atoms with Gasteiger partial charge in [-0.05, 0) is 32.1 Å². The Balaban J connectivity index is 2.18. The molecule has 8 nitrogen and oxygen atoms in total. The highest BCUT2D eigenvalue weighted by Gasteiger charge is 2.13. The monoisotopic (exact) mass is 323 g/mol. The molecule has 3 aromatic rings. The number of hydrogen-bond acceptors (Lipinski definition) is 6. The average molecular weight is 323 g/mol. The molecule has 8 heteroatoms. The number of carbonyl (C=O) groups excluding carboxylic acids is 1. The fraction of sp³-hybridized carbons (Fsp3) is 0.188. The SMILES string of the molecule is CCN=C(/C=C(/C)N)c1ncc2c(n1)[nH]c1ccc(C(N)=O)nc12. The molecule has 122 valence electrons. The van der Waals surface area contributed by atoms with Gasteiger partial charge in [-0.25, -0.2) is 15.0 Å². The summed E-state index contributed by atoms with van der Waals surface area (Å²) in [4.78, 5) is 32.0. The van der Waals surface area contributed by atoms with Crippen molar-refractivity contribution in [1.82, 2.24) is 19.9 Å². The number of fused-ring (bicyclic) bond motifs is 3. The van der Waals surface area contributed by atoms with E-state index >= 15 is 0 Å². The van der Waals surface area contributed by atoms with Crippen molar-refractivity contribution in [2.45, 2.75) is 13.8 Å². The van der Waals surface area contributed by atoms with Gasteiger partial charge in [0.15, 0.2) is 5.82 Å². The molecule has 0 aliphatic carbocycles. The number of rotatable bonds is 4. The lowest BCUT2D eigenvalue weighted by Crippen LogP contribution is -2.12. The van der Waals surface area contributed by atoms with Crippen LogP contribution in [0.3, 0.4) is 0 Å². The Hall–Kier alpha value is -3.29. The third-order valence-electron chi connectivity index (χ3n) is 3.37. The van der Waals surface area contributed by atoms with Gasteiger partial charge >= 0.3 is 0 Å². The molecule has 0 saturated carbocycles. The maximum Gasteiger partial charge on any atom is 0.267 e. The van der Waals surface area contributed by atoms with Crippen molar-refractivity contribution in [2.24, 2.45) is 16.5 Å². The first-order chi connectivity index (χ1) is 11.5. The van der Waals surface area contributed by atoms with E-state index in [0.717, 1.165) is 5.52 Å². The Morgan fingerprint density at radius 1 is 1.33 bits per heavy atom. The van der Waals surface area contributed by atoms with Crippen LogP contribution in [0, 0.1) is 0 Å². The molecule has 0 saturated heterocycles. The fourth-order valence-corrected chi connectivity index (χ4v) is 2.37. The molecule has 0 fully saturated rings. The fourth-order valence-electron chi connectivity index (χ4n) is 2.37. The summed E-state index contributed by atoms with van der Waals surface area (Å²) in [5.74, 6) is -0.111. The third kappa shape index (κ3) is 2.81. The van der Waals surface area contributed by atoms with Crippen LogP contribution in [0.2, 0.25) is 0 Å². The highest BCUT2D eigenvalue weighted by molar-refractivity contribution is 6.09. The van der Waals surface area contributed by atoms with Gasteiger partial charge in [0, 0.05) is 18.4 Å². The molecule has 3 rings (SSSR count). The maximum atomic E-state index is 11.3. The summed E-state index contributed by atoms with van der Waals surface area (Å²) in [5, 5.41) is 0.709. The van der Waals surface area contributed by atoms with E-state index in [-0.39, 0.29) is 5.69 Å². The van der Waals surface area contributed by atoms with Gasteiger partial charge in [0.2, 0.25) is 0 Å². The van der Waals surface area contributed by atoms with Crippen LogP contribution in [0.1, 0.15) is 30.2 Å². The molecular formula is C16H17N7O. The Morgan fingerprint density at radius 3 is 2.79 bits per heavy atom. The minimum absolute atomic E-state index is 0.197. The number of nitrogens with zero attached hydrogens (tertiary/aromatic N) is 4. The quantitative estimate of drug-likeness (QED) is 0.621. The molecule has 0 radical (unpaired) electrons. The maximum absolute atomic E-state index is 11.3. The first-order valence-electron chi connectivity index (χ1n) is 7.43. The van der Waals surface area contributed by atoms with Crippen LogP contribution in [0.5, 0.6) is 0 Å². The Bertz CT molecular complexity index is 996. The van der Waals surface area contributed by atoms with Gasteiger partial charge < -0.3 is 16.5 Å². The highest BCUT2D eigenvalue weighted by atomic mass is 16.1. The van der Waals surface area contributed by atoms with Crippen LogP contribution in [0.25, 0.3) is 22.1 Å². The predicted octanol–water partition coefficient (Wildman–Crippen LogP) is 1.28. The van der Waals surface area contributed by atoms with Crippen molar-refractivity contribution < 1.29 is 4.79 Å². The van der Waals surface area contributed by atoms with E-state index < -0.39 is 5.91 Å². The summed E-state index contributed by atoms with van der Waals surface area (Å²) in [5.41, 5.74) is 14.4. The van der Waals surface area contributed by atoms with Crippen molar-refractivity contribution in [2.75, 3.05) is 6.54 Å². The van der Waals surface area contributed by atoms with Crippen molar-refractivity contribution in [1.29, 1.82) is 0 Å². The molecule has 5 N–H and O–H groups in total. The molecule has 0 unspecified atom stereocenters. The van der Waals surface area contributed by atoms with Crippen molar-refractivity contribution >= 4 is 33.7 Å². The van der Waals surface area contributed by atoms with E-state index in [4.69, 9.17) is 11.5 Å². The summed E-state index contributed by atoms with van der Waals surface area (Å²) >= 11 is 0. The van der Waals surface area contributed by atoms with Gasteiger partial charge in [-0.15, -0.1) is 0 Å². The number of hydrogen-bond donors (Lipinski definition) is 3. The Morgan fingerprint density at radius 2 is 2.12 bits per heavy atom. The smallest absolute Gasteiger partial charge is 0.267 e. The number of aromatic amines is 1. The van der Waals surface area contributed by atoms with Crippen molar-refractivity contribution in [3.8, 4) is 0 Å². The summed E-state index contributed by atoms with van der Waals surface area (Å²) in [7, 11) is 0. The van der Waals surface area contributed by atoms with Crippen molar-refractivity contribution in [3.05, 3.63) is 41.6 Å². The van der Waals surface area contributed by atoms with Crippen LogP contribution in [0.15, 0.2) is 35.1 Å². The number of primary amides is 1. The molecule has 0 spiro atoms. The van der Waals surface area contributed by atoms with E-state index in [0.29, 0.717) is 40.3 Å². The van der Waals surface area contributed by atoms with Crippen LogP contribution in [0.4, 0.5) is 0 Å². The molecule has 0 aromatic carbocycles. The van der Waals surface area contributed by atoms with Gasteiger partial charge in [0.05, 0.1) is 16.4 Å². The van der Waals surface area contributed by atoms with E-state index in [2.05, 4.69) is 24.9 Å². The van der Waals surface area contributed by atoms with Crippen LogP contribution in [-0.2, 0) is 0 Å². The van der Waals surface area contributed by atoms with E-state index in [1.807, 2.05) is 6.92 Å². The van der Waals surface area contributed by atoms with Gasteiger partial charge in [0.1, 0.15) is 17.1 Å². The highest BCUT2D eigenvalue weighted by Crippen LogP contribution is 2.22. The number of amides is 1. The third-order valence-corrected chi connectivity index (χ3v) is 3.37. The number of nitrogens with one attached hydrogen (secondary N) is 1. The van der Waals surface area contributed by atoms with E-state index in [1.165, 1.54) is 0 Å². The summed E-state index contributed by atoms with van der Waals surface area (Å²) in [6, 6.07) is 3.31. The van der Waals surface area contributed by atoms with Gasteiger partial charge in [-0.3, -0.25) is 9.79 Å². The first kappa shape index (κ1) is 15.6. The van der Waals surface area contributed by atoms with Gasteiger partial charge in [-0.1, -0.05) is 0 Å². The van der Waals surface area contributed by atoms with Crippen LogP contribution in [-0.4, -0.2) is 38.1 Å². The zero-order valence-corrected chi connectivity index (χ0v) is 13.4. The average Bonchev–Trinajstić information content (AvgIpc) is 2.90. The van der Waals surface area contributed by atoms with Gasteiger partial charge in [0.25, 0.3) is 5.91 Å². The molecule has 1 amide bonds. The number of allylic oxidation sites excluding steroid dienone is 2. The number of aromatic nitrogens is 4. The molecule has 0 bridgehead atoms. The number of H-pyrrole nitrogens is 1. The topological polar surface area (TPSA) is 136 Å². The lowest BCUT2D eigenvalue weighted by atomic mass is 10.2. The summed E-state index contributed by atoms with van der Waals surface area (Å²) in [6.07, 6.45) is 3.38. The zero-order valence-electron chi connectivity index (χ0n) is 13.4. The van der Waals surface area contributed by atoms with E-state index in [1.54, 1.807) is 31.3 Å². The van der Waals surface area contributed by atoms with Crippen molar-refractivity contribution in [3.63, 3.8) is 0 Å². The van der Waals surface area contributed by atoms with Crippen LogP contribution < -0.4 is 11.5 Å². The summed E-state index contributed by atoms with van der Waals surface area (Å²) in [6.45, 7) is 4.30. The van der Waals surface area contributed by atoms with E-state index in [9.17, 15) is 4.79 Å². The minimum Gasteiger partial charge on any atom is -0.402 e. The lowest BCUT2D eigenvalue weighted by molar-refractivity contribution is 0.0996. The Labute approximate surface area is 137 Å². The minimum atomic E-state index is -0.579. The number of pyridine rings is 1. The number of carbonyl (C=O) groups is 1. The standard InChI is InChI=1S/C16H17N7O/c1-3-19-12(6-8(2)17)16-20-7-9-13-10(22-15(9)23-16)4-5-11(21-13)14(18)24/h4-7H,3,17H2,1-2H3,(H2,18,24)(H,20,22,23)/b8-6-,19-12?. The second-order valence-corrected chi connectivity index (χ2v) is 5.29. The first-order valence-corrected chi connectivity index (χ1v) is 7.43. The predicted molar refractivity (Wildman–Crippen MR) is 92.7 cm³/mol. The van der Waals surface area contributed by atoms with Gasteiger partial charge in [-0.2, -0.15) is 0 Å². The number of nitrogens with two attached hydrogens (primary N) is 2. The molecule has 0 aliphatic rings. The molecular weight excluding hydrogens is 306 g/mol. The second-order valence-electron chi connectivity index (χ2n) is 5.29. The molecule has 0 atom stereocenters. The molecule has 3 heterocycles. The van der Waals surface area contributed by atoms with Crippen LogP contribution >= 0.6 is 0 Å².